The Labute approximate surface area is 188 Å². The minimum absolute atomic E-state index is 0.0449. The number of thiophene rings is 1. The van der Waals surface area contributed by atoms with E-state index >= 15 is 0 Å². The molecule has 4 rings (SSSR count). The number of amides is 1. The fraction of sp³-hybridized carbons (Fsp3) is 0.320. The molecule has 1 amide bonds. The minimum atomic E-state index is 0.0449. The Morgan fingerprint density at radius 2 is 1.97 bits per heavy atom. The lowest BCUT2D eigenvalue weighted by Gasteiger charge is -2.22. The second-order valence-electron chi connectivity index (χ2n) is 7.77. The van der Waals surface area contributed by atoms with Crippen molar-refractivity contribution in [2.45, 2.75) is 19.1 Å². The predicted molar refractivity (Wildman–Crippen MR) is 128 cm³/mol. The normalized spacial score (nSPS) is 15.0. The van der Waals surface area contributed by atoms with Crippen LogP contribution in [-0.2, 0) is 11.3 Å². The van der Waals surface area contributed by atoms with Crippen LogP contribution in [0.2, 0.25) is 0 Å². The molecule has 1 aliphatic heterocycles. The first-order valence-electron chi connectivity index (χ1n) is 10.7. The van der Waals surface area contributed by atoms with E-state index in [1.54, 1.807) is 11.3 Å². The maximum atomic E-state index is 13.3. The second-order valence-corrected chi connectivity index (χ2v) is 8.75. The molecule has 2 aromatic carbocycles. The maximum Gasteiger partial charge on any atom is 0.260 e. The van der Waals surface area contributed by atoms with Gasteiger partial charge in [0.2, 0.25) is 0 Å². The summed E-state index contributed by atoms with van der Waals surface area (Å²) >= 11 is 1.73. The Morgan fingerprint density at radius 1 is 1.10 bits per heavy atom. The molecule has 0 saturated heterocycles. The van der Waals surface area contributed by atoms with Crippen LogP contribution in [0.4, 0.5) is 11.4 Å². The van der Waals surface area contributed by atoms with Gasteiger partial charge in [-0.15, -0.1) is 11.3 Å². The van der Waals surface area contributed by atoms with Crippen molar-refractivity contribution in [3.05, 3.63) is 82.0 Å². The van der Waals surface area contributed by atoms with E-state index < -0.39 is 0 Å². The molecule has 0 radical (unpaired) electrons. The maximum absolute atomic E-state index is 13.3. The standard InChI is InChI=1S/C25H29N3O2S/c1-26-13-12-23(24-11-6-16-31-24)30-18-19-7-5-8-20(17-19)28-15-14-27(2)22-10-4-3-9-21(22)25(28)29/h3-11,16-17,23,26H,12-15,18H2,1-2H3. The summed E-state index contributed by atoms with van der Waals surface area (Å²) in [6.45, 7) is 2.85. The SMILES string of the molecule is CNCCC(OCc1cccc(N2CCN(C)c3ccccc3C2=O)c1)c1cccs1. The highest BCUT2D eigenvalue weighted by Crippen LogP contribution is 2.29. The van der Waals surface area contributed by atoms with Gasteiger partial charge in [0.1, 0.15) is 0 Å². The minimum Gasteiger partial charge on any atom is -0.372 e. The van der Waals surface area contributed by atoms with Crippen LogP contribution in [0.3, 0.4) is 0 Å². The first kappa shape index (κ1) is 21.6. The van der Waals surface area contributed by atoms with Gasteiger partial charge in [0.05, 0.1) is 18.3 Å². The fourth-order valence-electron chi connectivity index (χ4n) is 3.92. The summed E-state index contributed by atoms with van der Waals surface area (Å²) in [6, 6.07) is 20.2. The molecule has 0 fully saturated rings. The number of hydrogen-bond acceptors (Lipinski definition) is 5. The number of benzene rings is 2. The van der Waals surface area contributed by atoms with Gasteiger partial charge in [-0.3, -0.25) is 4.79 Å². The van der Waals surface area contributed by atoms with Crippen LogP contribution in [0.1, 0.15) is 33.3 Å². The number of carbonyl (C=O) groups excluding carboxylic acids is 1. The van der Waals surface area contributed by atoms with Gasteiger partial charge in [-0.1, -0.05) is 30.3 Å². The van der Waals surface area contributed by atoms with Crippen LogP contribution >= 0.6 is 11.3 Å². The van der Waals surface area contributed by atoms with Gasteiger partial charge in [-0.25, -0.2) is 0 Å². The molecule has 162 valence electrons. The Hall–Kier alpha value is -2.67. The lowest BCUT2D eigenvalue weighted by molar-refractivity contribution is 0.0367. The van der Waals surface area contributed by atoms with E-state index in [0.29, 0.717) is 13.2 Å². The number of likely N-dealkylation sites (N-methyl/N-ethyl adjacent to an activating group) is 1. The van der Waals surface area contributed by atoms with Crippen molar-refractivity contribution in [1.82, 2.24) is 5.32 Å². The number of rotatable bonds is 8. The van der Waals surface area contributed by atoms with Gasteiger partial charge in [0, 0.05) is 36.4 Å². The van der Waals surface area contributed by atoms with E-state index in [-0.39, 0.29) is 12.0 Å². The van der Waals surface area contributed by atoms with Gasteiger partial charge >= 0.3 is 0 Å². The molecule has 1 aliphatic rings. The lowest BCUT2D eigenvalue weighted by Crippen LogP contribution is -2.33. The van der Waals surface area contributed by atoms with Crippen LogP contribution in [0, 0.1) is 0 Å². The van der Waals surface area contributed by atoms with E-state index in [4.69, 9.17) is 4.74 Å². The zero-order valence-electron chi connectivity index (χ0n) is 18.1. The highest BCUT2D eigenvalue weighted by molar-refractivity contribution is 7.10. The fourth-order valence-corrected chi connectivity index (χ4v) is 4.73. The topological polar surface area (TPSA) is 44.8 Å². The molecular weight excluding hydrogens is 406 g/mol. The van der Waals surface area contributed by atoms with Crippen LogP contribution in [-0.4, -0.2) is 39.6 Å². The summed E-state index contributed by atoms with van der Waals surface area (Å²) in [7, 11) is 4.00. The molecule has 1 unspecified atom stereocenters. The third-order valence-corrected chi connectivity index (χ3v) is 6.60. The van der Waals surface area contributed by atoms with Crippen molar-refractivity contribution in [2.75, 3.05) is 43.5 Å². The monoisotopic (exact) mass is 435 g/mol. The van der Waals surface area contributed by atoms with Crippen LogP contribution in [0.15, 0.2) is 66.0 Å². The molecule has 5 nitrogen and oxygen atoms in total. The van der Waals surface area contributed by atoms with Crippen molar-refractivity contribution < 1.29 is 9.53 Å². The van der Waals surface area contributed by atoms with Crippen LogP contribution in [0.5, 0.6) is 0 Å². The van der Waals surface area contributed by atoms with Gasteiger partial charge in [-0.05, 0) is 61.3 Å². The summed E-state index contributed by atoms with van der Waals surface area (Å²) in [4.78, 5) is 18.6. The Balaban J connectivity index is 1.51. The third-order valence-electron chi connectivity index (χ3n) is 5.64. The second kappa shape index (κ2) is 10.1. The molecular formula is C25H29N3O2S. The lowest BCUT2D eigenvalue weighted by atomic mass is 10.1. The highest BCUT2D eigenvalue weighted by atomic mass is 32.1. The summed E-state index contributed by atoms with van der Waals surface area (Å²) in [6.07, 6.45) is 0.987. The molecule has 2 heterocycles. The van der Waals surface area contributed by atoms with Gasteiger partial charge in [0.15, 0.2) is 0 Å². The van der Waals surface area contributed by atoms with Crippen molar-refractivity contribution in [1.29, 1.82) is 0 Å². The van der Waals surface area contributed by atoms with Gasteiger partial charge in [-0.2, -0.15) is 0 Å². The molecule has 1 atom stereocenters. The molecule has 6 heteroatoms. The number of anilines is 2. The number of nitrogens with zero attached hydrogens (tertiary/aromatic N) is 2. The first-order chi connectivity index (χ1) is 15.2. The third kappa shape index (κ3) is 4.98. The molecule has 0 spiro atoms. The Kier molecular flexibility index (Phi) is 7.02. The van der Waals surface area contributed by atoms with Crippen LogP contribution in [0.25, 0.3) is 0 Å². The Morgan fingerprint density at radius 3 is 2.77 bits per heavy atom. The zero-order chi connectivity index (χ0) is 21.6. The quantitative estimate of drug-likeness (QED) is 0.556. The summed E-state index contributed by atoms with van der Waals surface area (Å²) < 4.78 is 6.30. The first-order valence-corrected chi connectivity index (χ1v) is 11.6. The number of hydrogen-bond donors (Lipinski definition) is 1. The molecule has 0 aliphatic carbocycles. The van der Waals surface area contributed by atoms with Crippen molar-refractivity contribution in [2.24, 2.45) is 0 Å². The molecule has 0 bridgehead atoms. The number of carbonyl (C=O) groups is 1. The molecule has 31 heavy (non-hydrogen) atoms. The van der Waals surface area contributed by atoms with E-state index in [1.165, 1.54) is 4.88 Å². The van der Waals surface area contributed by atoms with Crippen molar-refractivity contribution >= 4 is 28.6 Å². The van der Waals surface area contributed by atoms with Gasteiger partial charge in [0.25, 0.3) is 5.91 Å². The molecule has 1 N–H and O–H groups in total. The summed E-state index contributed by atoms with van der Waals surface area (Å²) in [5, 5.41) is 5.30. The van der Waals surface area contributed by atoms with E-state index in [0.717, 1.165) is 42.0 Å². The highest BCUT2D eigenvalue weighted by Gasteiger charge is 2.25. The summed E-state index contributed by atoms with van der Waals surface area (Å²) in [5.41, 5.74) is 3.72. The van der Waals surface area contributed by atoms with Crippen LogP contribution < -0.4 is 15.1 Å². The van der Waals surface area contributed by atoms with Crippen molar-refractivity contribution in [3.8, 4) is 0 Å². The zero-order valence-corrected chi connectivity index (χ0v) is 18.9. The average Bonchev–Trinajstić information content (AvgIpc) is 3.30. The van der Waals surface area contributed by atoms with E-state index in [9.17, 15) is 4.79 Å². The summed E-state index contributed by atoms with van der Waals surface area (Å²) in [5.74, 6) is 0.0449. The Bertz CT molecular complexity index is 1010. The molecule has 0 saturated carbocycles. The predicted octanol–water partition coefficient (Wildman–Crippen LogP) is 4.71. The van der Waals surface area contributed by atoms with Gasteiger partial charge < -0.3 is 19.9 Å². The number of nitrogens with one attached hydrogen (secondary N) is 1. The van der Waals surface area contributed by atoms with E-state index in [1.807, 2.05) is 55.4 Å². The van der Waals surface area contributed by atoms with Crippen molar-refractivity contribution in [3.63, 3.8) is 0 Å². The largest absolute Gasteiger partial charge is 0.372 e. The number of ether oxygens (including phenoxy) is 1. The smallest absolute Gasteiger partial charge is 0.260 e. The average molecular weight is 436 g/mol. The number of para-hydroxylation sites is 1. The van der Waals surface area contributed by atoms with E-state index in [2.05, 4.69) is 39.9 Å². The molecule has 3 aromatic rings. The number of fused-ring (bicyclic) bond motifs is 1. The molecule has 1 aromatic heterocycles.